The SMILES string of the molecule is CNC(=O)/C(F)=C/[C@@H]1CCCN1C. The third-order valence-electron chi connectivity index (χ3n) is 2.36. The second-order valence-corrected chi connectivity index (χ2v) is 3.28. The van der Waals surface area contributed by atoms with Crippen molar-refractivity contribution in [3.63, 3.8) is 0 Å². The topological polar surface area (TPSA) is 32.3 Å². The summed E-state index contributed by atoms with van der Waals surface area (Å²) in [7, 11) is 3.36. The van der Waals surface area contributed by atoms with E-state index in [1.54, 1.807) is 0 Å². The van der Waals surface area contributed by atoms with E-state index in [0.717, 1.165) is 19.4 Å². The molecule has 74 valence electrons. The molecule has 1 aliphatic heterocycles. The lowest BCUT2D eigenvalue weighted by Gasteiger charge is -2.14. The lowest BCUT2D eigenvalue weighted by atomic mass is 10.2. The van der Waals surface area contributed by atoms with Crippen molar-refractivity contribution in [1.82, 2.24) is 10.2 Å². The van der Waals surface area contributed by atoms with Crippen molar-refractivity contribution in [3.8, 4) is 0 Å². The van der Waals surface area contributed by atoms with Crippen LogP contribution in [0.5, 0.6) is 0 Å². The largest absolute Gasteiger partial charge is 0.353 e. The molecule has 0 aromatic carbocycles. The second kappa shape index (κ2) is 4.37. The molecule has 1 rings (SSSR count). The predicted molar refractivity (Wildman–Crippen MR) is 48.9 cm³/mol. The quantitative estimate of drug-likeness (QED) is 0.643. The van der Waals surface area contributed by atoms with E-state index in [9.17, 15) is 9.18 Å². The smallest absolute Gasteiger partial charge is 0.279 e. The van der Waals surface area contributed by atoms with Gasteiger partial charge in [0.05, 0.1) is 0 Å². The van der Waals surface area contributed by atoms with Crippen molar-refractivity contribution in [2.24, 2.45) is 0 Å². The molecule has 3 nitrogen and oxygen atoms in total. The summed E-state index contributed by atoms with van der Waals surface area (Å²) in [6.45, 7) is 0.974. The second-order valence-electron chi connectivity index (χ2n) is 3.28. The molecule has 0 radical (unpaired) electrons. The number of hydrogen-bond donors (Lipinski definition) is 1. The molecule has 1 N–H and O–H groups in total. The molecule has 0 bridgehead atoms. The van der Waals surface area contributed by atoms with Crippen LogP contribution in [0.3, 0.4) is 0 Å². The van der Waals surface area contributed by atoms with Crippen LogP contribution >= 0.6 is 0 Å². The van der Waals surface area contributed by atoms with Crippen molar-refractivity contribution in [3.05, 3.63) is 11.9 Å². The maximum absolute atomic E-state index is 13.0. The van der Waals surface area contributed by atoms with Crippen LogP contribution in [0, 0.1) is 0 Å². The van der Waals surface area contributed by atoms with E-state index >= 15 is 0 Å². The Morgan fingerprint density at radius 2 is 2.38 bits per heavy atom. The van der Waals surface area contributed by atoms with Gasteiger partial charge in [0.2, 0.25) is 0 Å². The average Bonchev–Trinajstić information content (AvgIpc) is 2.50. The molecule has 0 aromatic heterocycles. The fourth-order valence-corrected chi connectivity index (χ4v) is 1.51. The standard InChI is InChI=1S/C9H15FN2O/c1-11-9(13)8(10)6-7-4-3-5-12(7)2/h6-7H,3-5H2,1-2H3,(H,11,13)/b8-6-/t7-/m0/s1. The Hall–Kier alpha value is -0.900. The maximum atomic E-state index is 13.0. The number of amides is 1. The fraction of sp³-hybridized carbons (Fsp3) is 0.667. The number of likely N-dealkylation sites (N-methyl/N-ethyl adjacent to an activating group) is 2. The van der Waals surface area contributed by atoms with E-state index in [1.807, 2.05) is 11.9 Å². The summed E-state index contributed by atoms with van der Waals surface area (Å²) in [5, 5.41) is 2.25. The van der Waals surface area contributed by atoms with E-state index in [1.165, 1.54) is 13.1 Å². The van der Waals surface area contributed by atoms with Crippen LogP contribution < -0.4 is 5.32 Å². The van der Waals surface area contributed by atoms with Gasteiger partial charge >= 0.3 is 0 Å². The lowest BCUT2D eigenvalue weighted by molar-refractivity contribution is -0.118. The minimum absolute atomic E-state index is 0.0808. The van der Waals surface area contributed by atoms with Crippen molar-refractivity contribution < 1.29 is 9.18 Å². The van der Waals surface area contributed by atoms with Crippen molar-refractivity contribution >= 4 is 5.91 Å². The number of nitrogens with zero attached hydrogens (tertiary/aromatic N) is 1. The van der Waals surface area contributed by atoms with Gasteiger partial charge in [-0.3, -0.25) is 9.69 Å². The van der Waals surface area contributed by atoms with Crippen molar-refractivity contribution in [2.75, 3.05) is 20.6 Å². The van der Waals surface area contributed by atoms with Gasteiger partial charge in [0.1, 0.15) is 0 Å². The number of nitrogens with one attached hydrogen (secondary N) is 1. The monoisotopic (exact) mass is 186 g/mol. The van der Waals surface area contributed by atoms with E-state index in [4.69, 9.17) is 0 Å². The minimum Gasteiger partial charge on any atom is -0.353 e. The van der Waals surface area contributed by atoms with Crippen molar-refractivity contribution in [1.29, 1.82) is 0 Å². The van der Waals surface area contributed by atoms with Crippen LogP contribution in [0.25, 0.3) is 0 Å². The third-order valence-corrected chi connectivity index (χ3v) is 2.36. The van der Waals surface area contributed by atoms with Crippen LogP contribution in [0.2, 0.25) is 0 Å². The first-order chi connectivity index (χ1) is 6.15. The highest BCUT2D eigenvalue weighted by atomic mass is 19.1. The zero-order valence-corrected chi connectivity index (χ0v) is 8.01. The molecular formula is C9H15FN2O. The van der Waals surface area contributed by atoms with Crippen LogP contribution in [-0.2, 0) is 4.79 Å². The highest BCUT2D eigenvalue weighted by Crippen LogP contribution is 2.17. The molecule has 0 aromatic rings. The Labute approximate surface area is 77.6 Å². The summed E-state index contributed by atoms with van der Waals surface area (Å²) >= 11 is 0. The summed E-state index contributed by atoms with van der Waals surface area (Å²) in [6.07, 6.45) is 3.39. The van der Waals surface area contributed by atoms with E-state index in [-0.39, 0.29) is 6.04 Å². The molecule has 1 aliphatic rings. The molecule has 1 atom stereocenters. The Balaban J connectivity index is 2.58. The molecule has 0 saturated carbocycles. The summed E-state index contributed by atoms with van der Waals surface area (Å²) in [5.74, 6) is -1.32. The Kier molecular flexibility index (Phi) is 3.42. The van der Waals surface area contributed by atoms with Gasteiger partial charge in [-0.05, 0) is 32.5 Å². The van der Waals surface area contributed by atoms with Gasteiger partial charge in [0.15, 0.2) is 5.83 Å². The van der Waals surface area contributed by atoms with Crippen LogP contribution in [0.1, 0.15) is 12.8 Å². The molecule has 1 heterocycles. The Morgan fingerprint density at radius 1 is 1.69 bits per heavy atom. The summed E-state index contributed by atoms with van der Waals surface area (Å²) in [4.78, 5) is 12.9. The number of carbonyl (C=O) groups excluding carboxylic acids is 1. The van der Waals surface area contributed by atoms with Gasteiger partial charge in [-0.15, -0.1) is 0 Å². The molecular weight excluding hydrogens is 171 g/mol. The minimum atomic E-state index is -0.679. The summed E-state index contributed by atoms with van der Waals surface area (Å²) < 4.78 is 13.0. The van der Waals surface area contributed by atoms with Crippen LogP contribution in [-0.4, -0.2) is 37.5 Å². The normalized spacial score (nSPS) is 24.8. The molecule has 1 fully saturated rings. The summed E-state index contributed by atoms with van der Waals surface area (Å²) in [5.41, 5.74) is 0. The number of hydrogen-bond acceptors (Lipinski definition) is 2. The number of carbonyl (C=O) groups is 1. The van der Waals surface area contributed by atoms with Gasteiger partial charge in [-0.2, -0.15) is 0 Å². The first-order valence-corrected chi connectivity index (χ1v) is 4.45. The maximum Gasteiger partial charge on any atom is 0.279 e. The van der Waals surface area contributed by atoms with Gasteiger partial charge in [-0.1, -0.05) is 0 Å². The first-order valence-electron chi connectivity index (χ1n) is 4.45. The van der Waals surface area contributed by atoms with E-state index in [2.05, 4.69) is 5.32 Å². The average molecular weight is 186 g/mol. The van der Waals surface area contributed by atoms with Crippen molar-refractivity contribution in [2.45, 2.75) is 18.9 Å². The number of likely N-dealkylation sites (tertiary alicyclic amines) is 1. The molecule has 13 heavy (non-hydrogen) atoms. The predicted octanol–water partition coefficient (Wildman–Crippen LogP) is 0.680. The lowest BCUT2D eigenvalue weighted by Crippen LogP contribution is -2.25. The number of halogens is 1. The van der Waals surface area contributed by atoms with Gasteiger partial charge in [0.25, 0.3) is 5.91 Å². The van der Waals surface area contributed by atoms with Crippen LogP contribution in [0.4, 0.5) is 4.39 Å². The zero-order chi connectivity index (χ0) is 9.84. The Bertz CT molecular complexity index is 228. The fourth-order valence-electron chi connectivity index (χ4n) is 1.51. The number of rotatable bonds is 2. The molecule has 0 aliphatic carbocycles. The zero-order valence-electron chi connectivity index (χ0n) is 8.01. The van der Waals surface area contributed by atoms with Gasteiger partial charge < -0.3 is 5.32 Å². The molecule has 0 spiro atoms. The highest BCUT2D eigenvalue weighted by molar-refractivity contribution is 5.90. The highest BCUT2D eigenvalue weighted by Gasteiger charge is 2.20. The molecule has 1 saturated heterocycles. The summed E-state index contributed by atoms with van der Waals surface area (Å²) in [6, 6.07) is 0.0808. The molecule has 0 unspecified atom stereocenters. The van der Waals surface area contributed by atoms with Crippen LogP contribution in [0.15, 0.2) is 11.9 Å². The first kappa shape index (κ1) is 10.2. The molecule has 1 amide bonds. The van der Waals surface area contributed by atoms with Gasteiger partial charge in [-0.25, -0.2) is 4.39 Å². The van der Waals surface area contributed by atoms with Gasteiger partial charge in [0, 0.05) is 13.1 Å². The van der Waals surface area contributed by atoms with E-state index < -0.39 is 11.7 Å². The Morgan fingerprint density at radius 3 is 2.85 bits per heavy atom. The molecule has 4 heteroatoms. The van der Waals surface area contributed by atoms with E-state index in [0.29, 0.717) is 0 Å². The third kappa shape index (κ3) is 2.52.